The molecule has 3 aliphatic carbocycles. The number of fused-ring (bicyclic) bond motifs is 5. The van der Waals surface area contributed by atoms with Gasteiger partial charge in [0.1, 0.15) is 23.2 Å². The summed E-state index contributed by atoms with van der Waals surface area (Å²) in [5.74, 6) is -2.82. The van der Waals surface area contributed by atoms with Gasteiger partial charge in [-0.1, -0.05) is 36.3 Å². The van der Waals surface area contributed by atoms with E-state index in [2.05, 4.69) is 22.4 Å². The number of benzene rings is 2. The van der Waals surface area contributed by atoms with Crippen LogP contribution in [0.25, 0.3) is 0 Å². The highest BCUT2D eigenvalue weighted by Gasteiger charge is 2.59. The van der Waals surface area contributed by atoms with Crippen molar-refractivity contribution in [2.45, 2.75) is 57.3 Å². The second-order valence-electron chi connectivity index (χ2n) is 12.2. The van der Waals surface area contributed by atoms with E-state index < -0.39 is 28.9 Å². The maximum atomic E-state index is 15.4. The molecular weight excluding hydrogens is 543 g/mol. The molecule has 2 saturated carbocycles. The van der Waals surface area contributed by atoms with E-state index >= 15 is 4.39 Å². The summed E-state index contributed by atoms with van der Waals surface area (Å²) in [4.78, 5) is 17.0. The van der Waals surface area contributed by atoms with Gasteiger partial charge in [-0.2, -0.15) is 0 Å². The van der Waals surface area contributed by atoms with Crippen molar-refractivity contribution in [2.24, 2.45) is 28.3 Å². The van der Waals surface area contributed by atoms with Crippen LogP contribution in [0.4, 0.5) is 13.2 Å². The lowest BCUT2D eigenvalue weighted by molar-refractivity contribution is 0.0467. The Kier molecular flexibility index (Phi) is 7.45. The maximum Gasteiger partial charge on any atom is 0.255 e. The molecule has 1 aromatic heterocycles. The van der Waals surface area contributed by atoms with E-state index in [0.29, 0.717) is 25.0 Å². The fraction of sp³-hybridized carbons (Fsp3) is 0.424. The fourth-order valence-corrected chi connectivity index (χ4v) is 8.43. The van der Waals surface area contributed by atoms with Crippen LogP contribution in [0.3, 0.4) is 0 Å². The number of para-hydroxylation sites is 1. The summed E-state index contributed by atoms with van der Waals surface area (Å²) in [6.07, 6.45) is 4.62. The number of hydrogen-bond donors (Lipinski definition) is 3. The number of hydrogen-bond acceptors (Lipinski definition) is 5. The molecule has 42 heavy (non-hydrogen) atoms. The van der Waals surface area contributed by atoms with Crippen molar-refractivity contribution < 1.29 is 28.3 Å². The van der Waals surface area contributed by atoms with Gasteiger partial charge in [0.2, 0.25) is 0 Å². The average Bonchev–Trinajstić information content (AvgIpc) is 3.28. The highest BCUT2D eigenvalue weighted by Crippen LogP contribution is 2.64. The number of phenols is 1. The average molecular weight is 578 g/mol. The Balaban J connectivity index is 1.35. The Labute approximate surface area is 242 Å². The first-order valence-corrected chi connectivity index (χ1v) is 14.6. The summed E-state index contributed by atoms with van der Waals surface area (Å²) >= 11 is 0. The predicted octanol–water partition coefficient (Wildman–Crippen LogP) is 6.72. The minimum Gasteiger partial charge on any atom is -0.507 e. The number of carbonyl (C=O) groups is 1. The normalized spacial score (nSPS) is 28.0. The molecule has 9 heteroatoms. The van der Waals surface area contributed by atoms with Crippen LogP contribution in [0, 0.1) is 40.6 Å². The summed E-state index contributed by atoms with van der Waals surface area (Å²) in [6, 6.07) is 12.3. The number of halogens is 3. The van der Waals surface area contributed by atoms with E-state index in [0.717, 1.165) is 42.7 Å². The zero-order valence-corrected chi connectivity index (χ0v) is 23.4. The number of oxime groups is 1. The molecule has 3 aliphatic rings. The number of pyridine rings is 1. The van der Waals surface area contributed by atoms with Crippen LogP contribution >= 0.6 is 0 Å². The first-order chi connectivity index (χ1) is 20.2. The van der Waals surface area contributed by atoms with Gasteiger partial charge in [0, 0.05) is 23.9 Å². The van der Waals surface area contributed by atoms with Crippen LogP contribution in [-0.2, 0) is 6.42 Å². The van der Waals surface area contributed by atoms with Crippen LogP contribution < -0.4 is 5.32 Å². The number of nitrogens with one attached hydrogen (secondary N) is 1. The number of aromatic hydroxyl groups is 1. The lowest BCUT2D eigenvalue weighted by Gasteiger charge is -2.51. The molecule has 0 aliphatic heterocycles. The Hall–Kier alpha value is -3.88. The summed E-state index contributed by atoms with van der Waals surface area (Å²) in [5, 5.41) is 26.8. The molecule has 6 atom stereocenters. The summed E-state index contributed by atoms with van der Waals surface area (Å²) < 4.78 is 44.1. The van der Waals surface area contributed by atoms with Crippen molar-refractivity contribution in [3.8, 4) is 5.75 Å². The van der Waals surface area contributed by atoms with Crippen molar-refractivity contribution >= 4 is 11.6 Å². The van der Waals surface area contributed by atoms with Gasteiger partial charge < -0.3 is 15.6 Å². The Morgan fingerprint density at radius 3 is 2.71 bits per heavy atom. The molecule has 3 N–H and O–H groups in total. The molecule has 3 aromatic rings. The Morgan fingerprint density at radius 2 is 1.95 bits per heavy atom. The molecule has 1 heterocycles. The first-order valence-electron chi connectivity index (χ1n) is 14.6. The molecular formula is C33H34F3N3O3. The summed E-state index contributed by atoms with van der Waals surface area (Å²) in [7, 11) is 0. The quantitative estimate of drug-likeness (QED) is 0.224. The second-order valence-corrected chi connectivity index (χ2v) is 12.2. The minimum atomic E-state index is -0.777. The van der Waals surface area contributed by atoms with Crippen LogP contribution in [-0.4, -0.2) is 33.5 Å². The Bertz CT molecular complexity index is 1550. The Morgan fingerprint density at radius 1 is 1.14 bits per heavy atom. The third-order valence-corrected chi connectivity index (χ3v) is 10.2. The molecule has 1 amide bonds. The lowest BCUT2D eigenvalue weighted by atomic mass is 9.53. The molecule has 6 nitrogen and oxygen atoms in total. The van der Waals surface area contributed by atoms with Crippen LogP contribution in [0.1, 0.15) is 78.0 Å². The van der Waals surface area contributed by atoms with Gasteiger partial charge in [0.05, 0.1) is 23.2 Å². The molecule has 0 saturated heterocycles. The molecule has 0 spiro atoms. The van der Waals surface area contributed by atoms with Gasteiger partial charge in [-0.15, -0.1) is 0 Å². The summed E-state index contributed by atoms with van der Waals surface area (Å²) in [5.41, 5.74) is 2.25. The molecule has 2 aromatic carbocycles. The SMILES string of the molecule is C[C@]12CCC3c4cccc(F)c4CCC3C1[C@H](C(CCNC(=O)c1ccccc1O)c1ncc(F)cc1F)C/C2=N\O. The van der Waals surface area contributed by atoms with Crippen molar-refractivity contribution in [1.29, 1.82) is 0 Å². The fourth-order valence-electron chi connectivity index (χ4n) is 8.43. The van der Waals surface area contributed by atoms with E-state index in [1.54, 1.807) is 18.2 Å². The second kappa shape index (κ2) is 11.1. The molecule has 6 rings (SSSR count). The van der Waals surface area contributed by atoms with Crippen molar-refractivity contribution in [2.75, 3.05) is 6.54 Å². The zero-order valence-electron chi connectivity index (χ0n) is 23.4. The summed E-state index contributed by atoms with van der Waals surface area (Å²) in [6.45, 7) is 2.26. The van der Waals surface area contributed by atoms with E-state index in [4.69, 9.17) is 0 Å². The van der Waals surface area contributed by atoms with Gasteiger partial charge in [0.15, 0.2) is 0 Å². The van der Waals surface area contributed by atoms with Gasteiger partial charge in [-0.25, -0.2) is 13.2 Å². The van der Waals surface area contributed by atoms with E-state index in [-0.39, 0.29) is 53.0 Å². The van der Waals surface area contributed by atoms with Gasteiger partial charge in [-0.05, 0) is 91.5 Å². The number of rotatable bonds is 6. The van der Waals surface area contributed by atoms with E-state index in [1.165, 1.54) is 18.2 Å². The van der Waals surface area contributed by atoms with Crippen LogP contribution in [0.5, 0.6) is 5.75 Å². The lowest BCUT2D eigenvalue weighted by Crippen LogP contribution is -2.45. The number of amides is 1. The molecule has 0 bridgehead atoms. The van der Waals surface area contributed by atoms with Crippen molar-refractivity contribution in [3.63, 3.8) is 0 Å². The third kappa shape index (κ3) is 4.72. The predicted molar refractivity (Wildman–Crippen MR) is 151 cm³/mol. The van der Waals surface area contributed by atoms with Gasteiger partial charge >= 0.3 is 0 Å². The monoisotopic (exact) mass is 577 g/mol. The number of phenolic OH excluding ortho intramolecular Hbond substituents is 1. The van der Waals surface area contributed by atoms with Crippen molar-refractivity contribution in [3.05, 3.63) is 94.6 Å². The topological polar surface area (TPSA) is 94.8 Å². The highest BCUT2D eigenvalue weighted by molar-refractivity contribution is 5.96. The van der Waals surface area contributed by atoms with Gasteiger partial charge in [-0.3, -0.25) is 9.78 Å². The highest BCUT2D eigenvalue weighted by atomic mass is 19.1. The molecule has 2 fully saturated rings. The maximum absolute atomic E-state index is 15.4. The number of aromatic nitrogens is 1. The number of nitrogens with zero attached hydrogens (tertiary/aromatic N) is 2. The standard InChI is InChI=1S/C33H34F3N3O3/c1-33-13-11-20-19-6-4-7-26(35)21(19)9-10-22(20)30(33)25(16-29(33)39-42)23(31-27(36)15-18(34)17-38-31)12-14-37-32(41)24-5-2-3-8-28(24)40/h2-8,15,17,20,22-23,25,30,40,42H,9-14,16H2,1H3,(H,37,41)/b39-29+/t20?,22?,23?,25-,30?,33+/m0/s1. The van der Waals surface area contributed by atoms with E-state index in [9.17, 15) is 23.9 Å². The van der Waals surface area contributed by atoms with Crippen LogP contribution in [0.15, 0.2) is 59.9 Å². The first kappa shape index (κ1) is 28.2. The zero-order chi connectivity index (χ0) is 29.6. The largest absolute Gasteiger partial charge is 0.507 e. The van der Waals surface area contributed by atoms with Gasteiger partial charge in [0.25, 0.3) is 5.91 Å². The molecule has 0 radical (unpaired) electrons. The smallest absolute Gasteiger partial charge is 0.255 e. The molecule has 220 valence electrons. The number of carbonyl (C=O) groups excluding carboxylic acids is 1. The van der Waals surface area contributed by atoms with Crippen molar-refractivity contribution in [1.82, 2.24) is 10.3 Å². The van der Waals surface area contributed by atoms with E-state index in [1.807, 2.05) is 6.07 Å². The minimum absolute atomic E-state index is 0.0244. The third-order valence-electron chi connectivity index (χ3n) is 10.2. The molecule has 4 unspecified atom stereocenters. The van der Waals surface area contributed by atoms with Crippen LogP contribution in [0.2, 0.25) is 0 Å².